The van der Waals surface area contributed by atoms with Crippen LogP contribution in [0.15, 0.2) is 47.2 Å². The number of nitrogens with zero attached hydrogens (tertiary/aromatic N) is 3. The van der Waals surface area contributed by atoms with Crippen molar-refractivity contribution in [2.45, 2.75) is 13.0 Å². The van der Waals surface area contributed by atoms with Crippen LogP contribution in [0.25, 0.3) is 0 Å². The van der Waals surface area contributed by atoms with Crippen molar-refractivity contribution in [3.8, 4) is 11.8 Å². The van der Waals surface area contributed by atoms with Crippen LogP contribution in [0.1, 0.15) is 12.0 Å². The fourth-order valence-electron chi connectivity index (χ4n) is 2.01. The Morgan fingerprint density at radius 3 is 2.92 bits per heavy atom. The fraction of sp³-hybridized carbons (Fsp3) is 0.235. The van der Waals surface area contributed by atoms with Gasteiger partial charge in [0.25, 0.3) is 5.91 Å². The number of aromatic nitrogens is 1. The summed E-state index contributed by atoms with van der Waals surface area (Å²) >= 11 is 3.16. The van der Waals surface area contributed by atoms with Crippen molar-refractivity contribution < 1.29 is 13.9 Å². The van der Waals surface area contributed by atoms with E-state index in [4.69, 9.17) is 10.00 Å². The average Bonchev–Trinajstić information content (AvgIpc) is 2.58. The molecule has 1 heterocycles. The highest BCUT2D eigenvalue weighted by atomic mass is 79.9. The van der Waals surface area contributed by atoms with Crippen LogP contribution in [-0.2, 0) is 11.3 Å². The van der Waals surface area contributed by atoms with Crippen molar-refractivity contribution >= 4 is 21.8 Å². The van der Waals surface area contributed by atoms with Gasteiger partial charge in [0.05, 0.1) is 12.5 Å². The fourth-order valence-corrected chi connectivity index (χ4v) is 2.35. The summed E-state index contributed by atoms with van der Waals surface area (Å²) in [5, 5.41) is 8.75. The Labute approximate surface area is 147 Å². The number of carbonyl (C=O) groups excluding carboxylic acids is 1. The molecule has 0 saturated heterocycles. The maximum atomic E-state index is 13.7. The molecule has 0 bridgehead atoms. The number of benzene rings is 1. The van der Waals surface area contributed by atoms with Crippen LogP contribution < -0.4 is 4.74 Å². The Kier molecular flexibility index (Phi) is 6.70. The topological polar surface area (TPSA) is 66.2 Å². The van der Waals surface area contributed by atoms with Crippen LogP contribution in [0.3, 0.4) is 0 Å². The summed E-state index contributed by atoms with van der Waals surface area (Å²) in [7, 11) is 0. The summed E-state index contributed by atoms with van der Waals surface area (Å²) in [5.74, 6) is -0.863. The maximum absolute atomic E-state index is 13.7. The van der Waals surface area contributed by atoms with Crippen molar-refractivity contribution in [2.75, 3.05) is 13.2 Å². The molecule has 5 nitrogen and oxygen atoms in total. The summed E-state index contributed by atoms with van der Waals surface area (Å²) in [6.45, 7) is 0.293. The molecule has 7 heteroatoms. The third-order valence-corrected chi connectivity index (χ3v) is 3.68. The molecule has 0 spiro atoms. The summed E-state index contributed by atoms with van der Waals surface area (Å²) in [6.07, 6.45) is 3.50. The molecule has 1 amide bonds. The van der Waals surface area contributed by atoms with E-state index in [9.17, 15) is 9.18 Å². The summed E-state index contributed by atoms with van der Waals surface area (Å²) < 4.78 is 19.6. The first-order valence-corrected chi connectivity index (χ1v) is 8.01. The van der Waals surface area contributed by atoms with E-state index in [2.05, 4.69) is 20.9 Å². The lowest BCUT2D eigenvalue weighted by Crippen LogP contribution is -2.35. The SMILES string of the molecule is N#CCCN(Cc1cccnc1)C(=O)COc1ccc(Br)cc1F. The van der Waals surface area contributed by atoms with E-state index in [0.29, 0.717) is 11.0 Å². The minimum Gasteiger partial charge on any atom is -0.481 e. The zero-order valence-electron chi connectivity index (χ0n) is 12.8. The molecule has 0 saturated carbocycles. The second kappa shape index (κ2) is 8.99. The molecule has 0 aliphatic rings. The van der Waals surface area contributed by atoms with E-state index in [1.54, 1.807) is 24.5 Å². The van der Waals surface area contributed by atoms with Crippen molar-refractivity contribution in [1.82, 2.24) is 9.88 Å². The largest absolute Gasteiger partial charge is 0.481 e. The number of nitriles is 1. The van der Waals surface area contributed by atoms with Gasteiger partial charge in [0.2, 0.25) is 0 Å². The molecule has 124 valence electrons. The molecular formula is C17H15BrFN3O2. The van der Waals surface area contributed by atoms with Gasteiger partial charge in [0, 0.05) is 30.0 Å². The Hall–Kier alpha value is -2.46. The van der Waals surface area contributed by atoms with Gasteiger partial charge in [0.15, 0.2) is 18.2 Å². The van der Waals surface area contributed by atoms with Crippen molar-refractivity contribution in [3.63, 3.8) is 0 Å². The maximum Gasteiger partial charge on any atom is 0.260 e. The molecule has 0 radical (unpaired) electrons. The number of rotatable bonds is 7. The number of hydrogen-bond donors (Lipinski definition) is 0. The highest BCUT2D eigenvalue weighted by Crippen LogP contribution is 2.21. The molecule has 1 aromatic heterocycles. The lowest BCUT2D eigenvalue weighted by Gasteiger charge is -2.21. The third-order valence-electron chi connectivity index (χ3n) is 3.19. The lowest BCUT2D eigenvalue weighted by molar-refractivity contribution is -0.134. The van der Waals surface area contributed by atoms with Gasteiger partial charge < -0.3 is 9.64 Å². The van der Waals surface area contributed by atoms with E-state index in [1.165, 1.54) is 17.0 Å². The molecule has 2 aromatic rings. The number of ether oxygens (including phenoxy) is 1. The monoisotopic (exact) mass is 391 g/mol. The Morgan fingerprint density at radius 2 is 2.25 bits per heavy atom. The quantitative estimate of drug-likeness (QED) is 0.725. The van der Waals surface area contributed by atoms with Crippen molar-refractivity contribution in [1.29, 1.82) is 5.26 Å². The van der Waals surface area contributed by atoms with Crippen LogP contribution in [0.2, 0.25) is 0 Å². The average molecular weight is 392 g/mol. The van der Waals surface area contributed by atoms with Gasteiger partial charge in [-0.15, -0.1) is 0 Å². The van der Waals surface area contributed by atoms with Crippen LogP contribution in [0.4, 0.5) is 4.39 Å². The third kappa shape index (κ3) is 5.32. The van der Waals surface area contributed by atoms with Crippen LogP contribution in [-0.4, -0.2) is 28.9 Å². The minimum atomic E-state index is -0.548. The van der Waals surface area contributed by atoms with Gasteiger partial charge in [0.1, 0.15) is 0 Å². The van der Waals surface area contributed by atoms with Crippen molar-refractivity contribution in [2.24, 2.45) is 0 Å². The Balaban J connectivity index is 2.00. The molecule has 0 unspecified atom stereocenters. The molecule has 1 aromatic carbocycles. The van der Waals surface area contributed by atoms with Crippen LogP contribution >= 0.6 is 15.9 Å². The number of carbonyl (C=O) groups is 1. The first-order valence-electron chi connectivity index (χ1n) is 7.21. The highest BCUT2D eigenvalue weighted by molar-refractivity contribution is 9.10. The standard InChI is InChI=1S/C17H15BrFN3O2/c18-14-4-5-16(15(19)9-14)24-12-17(23)22(8-2-6-20)11-13-3-1-7-21-10-13/h1,3-5,7,9-10H,2,8,11-12H2. The van der Waals surface area contributed by atoms with E-state index >= 15 is 0 Å². The predicted molar refractivity (Wildman–Crippen MR) is 89.5 cm³/mol. The van der Waals surface area contributed by atoms with Gasteiger partial charge >= 0.3 is 0 Å². The van der Waals surface area contributed by atoms with Crippen LogP contribution in [0, 0.1) is 17.1 Å². The van der Waals surface area contributed by atoms with E-state index < -0.39 is 5.82 Å². The second-order valence-electron chi connectivity index (χ2n) is 4.95. The number of pyridine rings is 1. The first kappa shape index (κ1) is 17.9. The zero-order chi connectivity index (χ0) is 17.4. The van der Waals surface area contributed by atoms with Gasteiger partial charge in [-0.1, -0.05) is 22.0 Å². The highest BCUT2D eigenvalue weighted by Gasteiger charge is 2.16. The molecule has 0 aliphatic heterocycles. The summed E-state index contributed by atoms with van der Waals surface area (Å²) in [4.78, 5) is 17.8. The normalized spacial score (nSPS) is 10.0. The number of amides is 1. The smallest absolute Gasteiger partial charge is 0.260 e. The van der Waals surface area contributed by atoms with E-state index in [-0.39, 0.29) is 31.2 Å². The Bertz CT molecular complexity index is 734. The predicted octanol–water partition coefficient (Wildman–Crippen LogP) is 3.30. The van der Waals surface area contributed by atoms with E-state index in [1.807, 2.05) is 12.1 Å². The van der Waals surface area contributed by atoms with E-state index in [0.717, 1.165) is 5.56 Å². The lowest BCUT2D eigenvalue weighted by atomic mass is 10.2. The molecule has 0 atom stereocenters. The van der Waals surface area contributed by atoms with Crippen molar-refractivity contribution in [3.05, 3.63) is 58.6 Å². The molecule has 0 fully saturated rings. The zero-order valence-corrected chi connectivity index (χ0v) is 14.4. The Morgan fingerprint density at radius 1 is 1.42 bits per heavy atom. The first-order chi connectivity index (χ1) is 11.6. The number of halogens is 2. The summed E-state index contributed by atoms with van der Waals surface area (Å²) in [5.41, 5.74) is 0.846. The second-order valence-corrected chi connectivity index (χ2v) is 5.86. The molecule has 2 rings (SSSR count). The molecule has 24 heavy (non-hydrogen) atoms. The van der Waals surface area contributed by atoms with Gasteiger partial charge in [-0.05, 0) is 29.8 Å². The van der Waals surface area contributed by atoms with Gasteiger partial charge in [-0.2, -0.15) is 5.26 Å². The van der Waals surface area contributed by atoms with Crippen LogP contribution in [0.5, 0.6) is 5.75 Å². The van der Waals surface area contributed by atoms with Gasteiger partial charge in [-0.25, -0.2) is 4.39 Å². The summed E-state index contributed by atoms with van der Waals surface area (Å²) in [6, 6.07) is 9.98. The molecule has 0 aliphatic carbocycles. The minimum absolute atomic E-state index is 0.00756. The molecule has 0 N–H and O–H groups in total. The van der Waals surface area contributed by atoms with Gasteiger partial charge in [-0.3, -0.25) is 9.78 Å². The molecular weight excluding hydrogens is 377 g/mol. The number of hydrogen-bond acceptors (Lipinski definition) is 4.